The van der Waals surface area contributed by atoms with Crippen molar-refractivity contribution in [3.05, 3.63) is 29.8 Å². The molecule has 0 bridgehead atoms. The molecule has 1 aromatic rings. The zero-order chi connectivity index (χ0) is 16.1. The van der Waals surface area contributed by atoms with Gasteiger partial charge in [0.15, 0.2) is 0 Å². The fraction of sp³-hybridized carbons (Fsp3) is 0.611. The van der Waals surface area contributed by atoms with E-state index in [4.69, 9.17) is 4.74 Å². The molecule has 3 atom stereocenters. The lowest BCUT2D eigenvalue weighted by Gasteiger charge is -2.27. The van der Waals surface area contributed by atoms with E-state index in [1.54, 1.807) is 7.11 Å². The number of nitrogens with zero attached hydrogens (tertiary/aromatic N) is 1. The molecular formula is C18H28N2O2. The zero-order valence-electron chi connectivity index (χ0n) is 14.1. The number of nitrogens with one attached hydrogen (secondary N) is 1. The van der Waals surface area contributed by atoms with Crippen molar-refractivity contribution in [1.29, 1.82) is 0 Å². The molecule has 0 unspecified atom stereocenters. The Labute approximate surface area is 133 Å². The highest BCUT2D eigenvalue weighted by molar-refractivity contribution is 5.78. The van der Waals surface area contributed by atoms with Crippen molar-refractivity contribution >= 4 is 5.91 Å². The lowest BCUT2D eigenvalue weighted by Crippen LogP contribution is -2.43. The Kier molecular flexibility index (Phi) is 5.83. The van der Waals surface area contributed by atoms with Crippen LogP contribution in [0.3, 0.4) is 0 Å². The maximum Gasteiger partial charge on any atom is 0.234 e. The number of para-hydroxylation sites is 1. The van der Waals surface area contributed by atoms with Gasteiger partial charge in [-0.1, -0.05) is 25.1 Å². The summed E-state index contributed by atoms with van der Waals surface area (Å²) in [5, 5.41) is 3.10. The van der Waals surface area contributed by atoms with Crippen molar-refractivity contribution in [3.8, 4) is 5.75 Å². The molecule has 4 heteroatoms. The van der Waals surface area contributed by atoms with E-state index in [0.717, 1.165) is 17.7 Å². The van der Waals surface area contributed by atoms with Gasteiger partial charge in [-0.05, 0) is 39.2 Å². The smallest absolute Gasteiger partial charge is 0.234 e. The van der Waals surface area contributed by atoms with Crippen LogP contribution in [0.1, 0.15) is 51.6 Å². The van der Waals surface area contributed by atoms with Crippen LogP contribution in [0.2, 0.25) is 0 Å². The van der Waals surface area contributed by atoms with Gasteiger partial charge in [0, 0.05) is 17.6 Å². The maximum absolute atomic E-state index is 12.4. The number of carbonyl (C=O) groups is 1. The Morgan fingerprint density at radius 1 is 1.41 bits per heavy atom. The summed E-state index contributed by atoms with van der Waals surface area (Å²) >= 11 is 0. The third-order valence-corrected chi connectivity index (χ3v) is 4.73. The summed E-state index contributed by atoms with van der Waals surface area (Å²) in [5.74, 6) is 0.905. The molecule has 1 N–H and O–H groups in total. The fourth-order valence-corrected chi connectivity index (χ4v) is 3.40. The van der Waals surface area contributed by atoms with Gasteiger partial charge in [-0.3, -0.25) is 9.69 Å². The lowest BCUT2D eigenvalue weighted by atomic mass is 10.1. The molecule has 1 aromatic carbocycles. The monoisotopic (exact) mass is 304 g/mol. The molecule has 0 radical (unpaired) electrons. The first kappa shape index (κ1) is 16.8. The average Bonchev–Trinajstić information content (AvgIpc) is 2.87. The van der Waals surface area contributed by atoms with E-state index in [0.29, 0.717) is 18.6 Å². The molecular weight excluding hydrogens is 276 g/mol. The van der Waals surface area contributed by atoms with E-state index in [-0.39, 0.29) is 11.9 Å². The summed E-state index contributed by atoms with van der Waals surface area (Å²) < 4.78 is 5.37. The first-order valence-electron chi connectivity index (χ1n) is 8.24. The Morgan fingerprint density at radius 3 is 2.82 bits per heavy atom. The number of methoxy groups -OCH3 is 1. The molecule has 122 valence electrons. The van der Waals surface area contributed by atoms with E-state index in [1.165, 1.54) is 12.8 Å². The Hall–Kier alpha value is -1.55. The molecule has 1 aliphatic rings. The highest BCUT2D eigenvalue weighted by Crippen LogP contribution is 2.26. The SMILES string of the molecule is CC[C@@H]1CC[C@@H](C)N1CC(=O)N[C@H](C)c1ccccc1OC. The molecule has 1 saturated heterocycles. The third-order valence-electron chi connectivity index (χ3n) is 4.73. The van der Waals surface area contributed by atoms with E-state index in [9.17, 15) is 4.79 Å². The van der Waals surface area contributed by atoms with Crippen molar-refractivity contribution in [2.75, 3.05) is 13.7 Å². The standard InChI is InChI=1S/C18H28N2O2/c1-5-15-11-10-13(2)20(15)12-18(21)19-14(3)16-8-6-7-9-17(16)22-4/h6-9,13-15H,5,10-12H2,1-4H3,(H,19,21)/t13-,14-,15-/m1/s1. The van der Waals surface area contributed by atoms with Crippen molar-refractivity contribution in [2.45, 2.75) is 58.2 Å². The molecule has 0 aromatic heterocycles. The zero-order valence-corrected chi connectivity index (χ0v) is 14.1. The van der Waals surface area contributed by atoms with Crippen LogP contribution >= 0.6 is 0 Å². The molecule has 1 amide bonds. The summed E-state index contributed by atoms with van der Waals surface area (Å²) in [6.07, 6.45) is 3.50. The van der Waals surface area contributed by atoms with Crippen LogP contribution < -0.4 is 10.1 Å². The number of benzene rings is 1. The highest BCUT2D eigenvalue weighted by atomic mass is 16.5. The molecule has 2 rings (SSSR count). The number of rotatable bonds is 6. The summed E-state index contributed by atoms with van der Waals surface area (Å²) in [5.41, 5.74) is 1.01. The highest BCUT2D eigenvalue weighted by Gasteiger charge is 2.30. The first-order chi connectivity index (χ1) is 10.6. The van der Waals surface area contributed by atoms with E-state index in [2.05, 4.69) is 24.1 Å². The second-order valence-electron chi connectivity index (χ2n) is 6.19. The van der Waals surface area contributed by atoms with Crippen LogP contribution in [0.25, 0.3) is 0 Å². The number of amides is 1. The van der Waals surface area contributed by atoms with Gasteiger partial charge < -0.3 is 10.1 Å². The predicted octanol–water partition coefficient (Wildman–Crippen LogP) is 3.14. The quantitative estimate of drug-likeness (QED) is 0.878. The van der Waals surface area contributed by atoms with Gasteiger partial charge in [-0.2, -0.15) is 0 Å². The predicted molar refractivity (Wildman–Crippen MR) is 89.0 cm³/mol. The molecule has 0 aliphatic carbocycles. The molecule has 1 fully saturated rings. The number of carbonyl (C=O) groups excluding carboxylic acids is 1. The van der Waals surface area contributed by atoms with Crippen LogP contribution in [0.5, 0.6) is 5.75 Å². The minimum atomic E-state index is -0.0540. The van der Waals surface area contributed by atoms with Crippen LogP contribution in [-0.4, -0.2) is 36.5 Å². The van der Waals surface area contributed by atoms with Gasteiger partial charge in [-0.25, -0.2) is 0 Å². The minimum absolute atomic E-state index is 0.0540. The van der Waals surface area contributed by atoms with Crippen LogP contribution in [0.4, 0.5) is 0 Å². The minimum Gasteiger partial charge on any atom is -0.496 e. The fourth-order valence-electron chi connectivity index (χ4n) is 3.40. The third kappa shape index (κ3) is 3.80. The second-order valence-corrected chi connectivity index (χ2v) is 6.19. The van der Waals surface area contributed by atoms with Gasteiger partial charge >= 0.3 is 0 Å². The molecule has 22 heavy (non-hydrogen) atoms. The van der Waals surface area contributed by atoms with Crippen molar-refractivity contribution in [1.82, 2.24) is 10.2 Å². The second kappa shape index (κ2) is 7.63. The van der Waals surface area contributed by atoms with E-state index < -0.39 is 0 Å². The van der Waals surface area contributed by atoms with Crippen LogP contribution in [0.15, 0.2) is 24.3 Å². The molecule has 0 spiro atoms. The van der Waals surface area contributed by atoms with Crippen molar-refractivity contribution < 1.29 is 9.53 Å². The maximum atomic E-state index is 12.4. The Morgan fingerprint density at radius 2 is 2.14 bits per heavy atom. The normalized spacial score (nSPS) is 23.3. The Bertz CT molecular complexity index is 504. The number of hydrogen-bond acceptors (Lipinski definition) is 3. The largest absolute Gasteiger partial charge is 0.496 e. The summed E-state index contributed by atoms with van der Waals surface area (Å²) in [6, 6.07) is 8.82. The Balaban J connectivity index is 1.96. The molecule has 1 aliphatic heterocycles. The van der Waals surface area contributed by atoms with Gasteiger partial charge in [-0.15, -0.1) is 0 Å². The van der Waals surface area contributed by atoms with Crippen molar-refractivity contribution in [3.63, 3.8) is 0 Å². The summed E-state index contributed by atoms with van der Waals surface area (Å²) in [4.78, 5) is 14.7. The van der Waals surface area contributed by atoms with Gasteiger partial charge in [0.1, 0.15) is 5.75 Å². The summed E-state index contributed by atoms with van der Waals surface area (Å²) in [6.45, 7) is 6.90. The number of ether oxygens (including phenoxy) is 1. The molecule has 0 saturated carbocycles. The molecule has 4 nitrogen and oxygen atoms in total. The van der Waals surface area contributed by atoms with Gasteiger partial charge in [0.05, 0.1) is 19.7 Å². The number of likely N-dealkylation sites (tertiary alicyclic amines) is 1. The number of hydrogen-bond donors (Lipinski definition) is 1. The molecule has 1 heterocycles. The van der Waals surface area contributed by atoms with Crippen molar-refractivity contribution in [2.24, 2.45) is 0 Å². The van der Waals surface area contributed by atoms with Crippen LogP contribution in [0, 0.1) is 0 Å². The summed E-state index contributed by atoms with van der Waals surface area (Å²) in [7, 11) is 1.66. The van der Waals surface area contributed by atoms with E-state index >= 15 is 0 Å². The first-order valence-corrected chi connectivity index (χ1v) is 8.24. The van der Waals surface area contributed by atoms with Gasteiger partial charge in [0.2, 0.25) is 5.91 Å². The van der Waals surface area contributed by atoms with E-state index in [1.807, 2.05) is 31.2 Å². The van der Waals surface area contributed by atoms with Gasteiger partial charge in [0.25, 0.3) is 0 Å². The van der Waals surface area contributed by atoms with Crippen LogP contribution in [-0.2, 0) is 4.79 Å². The topological polar surface area (TPSA) is 41.6 Å². The average molecular weight is 304 g/mol. The lowest BCUT2D eigenvalue weighted by molar-refractivity contribution is -0.123.